The lowest BCUT2D eigenvalue weighted by molar-refractivity contribution is 0.294. The normalized spacial score (nSPS) is 10.7. The molecule has 0 saturated carbocycles. The van der Waals surface area contributed by atoms with Gasteiger partial charge in [-0.3, -0.25) is 0 Å². The van der Waals surface area contributed by atoms with Crippen LogP contribution in [0, 0.1) is 0 Å². The summed E-state index contributed by atoms with van der Waals surface area (Å²) in [5.41, 5.74) is 2.14. The number of ether oxygens (including phenoxy) is 2. The lowest BCUT2D eigenvalue weighted by Gasteiger charge is -2.15. The highest BCUT2D eigenvalue weighted by Crippen LogP contribution is 2.37. The second kappa shape index (κ2) is 8.13. The maximum Gasteiger partial charge on any atom is 0.179 e. The second-order valence-electron chi connectivity index (χ2n) is 5.84. The van der Waals surface area contributed by atoms with Crippen LogP contribution in [0.3, 0.4) is 0 Å². The number of rotatable bonds is 7. The average Bonchev–Trinajstić information content (AvgIpc) is 2.65. The molecular formula is C21H22ClNO2. The summed E-state index contributed by atoms with van der Waals surface area (Å²) < 4.78 is 11.2. The summed E-state index contributed by atoms with van der Waals surface area (Å²) in [7, 11) is 1.63. The SMILES string of the molecule is CCCOc1c(Cl)cc(CNc2cccc3ccccc23)cc1OC. The van der Waals surface area contributed by atoms with E-state index in [1.54, 1.807) is 7.11 Å². The third-order valence-electron chi connectivity index (χ3n) is 4.01. The largest absolute Gasteiger partial charge is 0.493 e. The smallest absolute Gasteiger partial charge is 0.179 e. The van der Waals surface area contributed by atoms with Crippen LogP contribution in [0.5, 0.6) is 11.5 Å². The van der Waals surface area contributed by atoms with Gasteiger partial charge in [0.2, 0.25) is 0 Å². The highest BCUT2D eigenvalue weighted by Gasteiger charge is 2.12. The number of benzene rings is 3. The number of halogens is 1. The number of hydrogen-bond acceptors (Lipinski definition) is 3. The van der Waals surface area contributed by atoms with Crippen LogP contribution in [0.25, 0.3) is 10.8 Å². The van der Waals surface area contributed by atoms with Gasteiger partial charge in [0, 0.05) is 17.6 Å². The summed E-state index contributed by atoms with van der Waals surface area (Å²) in [5, 5.41) is 6.48. The van der Waals surface area contributed by atoms with Gasteiger partial charge in [0.05, 0.1) is 18.7 Å². The van der Waals surface area contributed by atoms with Gasteiger partial charge in [0.1, 0.15) is 0 Å². The summed E-state index contributed by atoms with van der Waals surface area (Å²) in [5.74, 6) is 1.27. The number of hydrogen-bond donors (Lipinski definition) is 1. The van der Waals surface area contributed by atoms with E-state index < -0.39 is 0 Å². The van der Waals surface area contributed by atoms with Crippen molar-refractivity contribution < 1.29 is 9.47 Å². The van der Waals surface area contributed by atoms with Crippen molar-refractivity contribution in [3.8, 4) is 11.5 Å². The minimum atomic E-state index is 0.572. The summed E-state index contributed by atoms with van der Waals surface area (Å²) >= 11 is 6.39. The van der Waals surface area contributed by atoms with Crippen molar-refractivity contribution in [2.75, 3.05) is 19.0 Å². The fourth-order valence-corrected chi connectivity index (χ4v) is 3.08. The zero-order valence-corrected chi connectivity index (χ0v) is 15.3. The van der Waals surface area contributed by atoms with Crippen molar-refractivity contribution in [2.24, 2.45) is 0 Å². The van der Waals surface area contributed by atoms with Crippen molar-refractivity contribution >= 4 is 28.1 Å². The third kappa shape index (κ3) is 3.99. The Hall–Kier alpha value is -2.39. The van der Waals surface area contributed by atoms with E-state index in [0.717, 1.165) is 17.7 Å². The molecule has 3 aromatic rings. The van der Waals surface area contributed by atoms with Crippen molar-refractivity contribution in [1.82, 2.24) is 0 Å². The second-order valence-corrected chi connectivity index (χ2v) is 6.24. The first-order valence-electron chi connectivity index (χ1n) is 8.43. The molecule has 0 unspecified atom stereocenters. The topological polar surface area (TPSA) is 30.5 Å². The van der Waals surface area contributed by atoms with E-state index in [1.807, 2.05) is 24.3 Å². The standard InChI is InChI=1S/C21H22ClNO2/c1-3-11-25-21-18(22)12-15(13-20(21)24-2)14-23-19-10-6-8-16-7-4-5-9-17(16)19/h4-10,12-13,23H,3,11,14H2,1-2H3. The molecule has 0 heterocycles. The van der Waals surface area contributed by atoms with Crippen LogP contribution in [0.1, 0.15) is 18.9 Å². The molecule has 3 rings (SSSR count). The predicted molar refractivity (Wildman–Crippen MR) is 105 cm³/mol. The molecule has 0 fully saturated rings. The molecule has 0 amide bonds. The number of nitrogens with one attached hydrogen (secondary N) is 1. The molecule has 130 valence electrons. The quantitative estimate of drug-likeness (QED) is 0.572. The Morgan fingerprint density at radius 1 is 1.04 bits per heavy atom. The zero-order chi connectivity index (χ0) is 17.6. The summed E-state index contributed by atoms with van der Waals surface area (Å²) in [6, 6.07) is 18.5. The Labute approximate surface area is 153 Å². The van der Waals surface area contributed by atoms with E-state index in [1.165, 1.54) is 10.8 Å². The Kier molecular flexibility index (Phi) is 5.67. The van der Waals surface area contributed by atoms with E-state index >= 15 is 0 Å². The maximum atomic E-state index is 6.39. The van der Waals surface area contributed by atoms with Crippen molar-refractivity contribution in [2.45, 2.75) is 19.9 Å². The fourth-order valence-electron chi connectivity index (χ4n) is 2.80. The van der Waals surface area contributed by atoms with Crippen LogP contribution in [0.4, 0.5) is 5.69 Å². The first-order chi connectivity index (χ1) is 12.2. The molecule has 0 aliphatic rings. The molecule has 3 nitrogen and oxygen atoms in total. The highest BCUT2D eigenvalue weighted by molar-refractivity contribution is 6.32. The lowest BCUT2D eigenvalue weighted by atomic mass is 10.1. The number of methoxy groups -OCH3 is 1. The van der Waals surface area contributed by atoms with Gasteiger partial charge in [-0.1, -0.05) is 54.9 Å². The molecule has 4 heteroatoms. The first-order valence-corrected chi connectivity index (χ1v) is 8.81. The average molecular weight is 356 g/mol. The Bertz CT molecular complexity index is 858. The van der Waals surface area contributed by atoms with Gasteiger partial charge < -0.3 is 14.8 Å². The van der Waals surface area contributed by atoms with Crippen LogP contribution >= 0.6 is 11.6 Å². The van der Waals surface area contributed by atoms with Crippen LogP contribution in [0.2, 0.25) is 5.02 Å². The molecule has 0 atom stereocenters. The highest BCUT2D eigenvalue weighted by atomic mass is 35.5. The molecule has 0 aliphatic heterocycles. The van der Waals surface area contributed by atoms with Gasteiger partial charge in [0.25, 0.3) is 0 Å². The van der Waals surface area contributed by atoms with Crippen molar-refractivity contribution in [3.05, 3.63) is 65.2 Å². The molecular weight excluding hydrogens is 334 g/mol. The molecule has 0 aromatic heterocycles. The van der Waals surface area contributed by atoms with Gasteiger partial charge >= 0.3 is 0 Å². The van der Waals surface area contributed by atoms with Gasteiger partial charge in [-0.25, -0.2) is 0 Å². The van der Waals surface area contributed by atoms with Crippen molar-refractivity contribution in [1.29, 1.82) is 0 Å². The van der Waals surface area contributed by atoms with Crippen LogP contribution < -0.4 is 14.8 Å². The van der Waals surface area contributed by atoms with E-state index in [2.05, 4.69) is 42.6 Å². The van der Waals surface area contributed by atoms with Gasteiger partial charge in [-0.2, -0.15) is 0 Å². The lowest BCUT2D eigenvalue weighted by Crippen LogP contribution is -2.03. The van der Waals surface area contributed by atoms with Crippen LogP contribution in [0.15, 0.2) is 54.6 Å². The third-order valence-corrected chi connectivity index (χ3v) is 4.29. The Morgan fingerprint density at radius 3 is 2.64 bits per heavy atom. The van der Waals surface area contributed by atoms with E-state index in [9.17, 15) is 0 Å². The van der Waals surface area contributed by atoms with Gasteiger partial charge in [-0.05, 0) is 35.6 Å². The fraction of sp³-hybridized carbons (Fsp3) is 0.238. The number of anilines is 1. The summed E-state index contributed by atoms with van der Waals surface area (Å²) in [6.45, 7) is 3.32. The molecule has 0 radical (unpaired) electrons. The minimum Gasteiger partial charge on any atom is -0.493 e. The Morgan fingerprint density at radius 2 is 1.84 bits per heavy atom. The molecule has 1 N–H and O–H groups in total. The van der Waals surface area contributed by atoms with E-state index in [4.69, 9.17) is 21.1 Å². The molecule has 25 heavy (non-hydrogen) atoms. The maximum absolute atomic E-state index is 6.39. The van der Waals surface area contributed by atoms with E-state index in [0.29, 0.717) is 29.7 Å². The molecule has 0 saturated heterocycles. The number of fused-ring (bicyclic) bond motifs is 1. The van der Waals surface area contributed by atoms with Crippen LogP contribution in [-0.4, -0.2) is 13.7 Å². The monoisotopic (exact) mass is 355 g/mol. The molecule has 3 aromatic carbocycles. The van der Waals surface area contributed by atoms with Gasteiger partial charge in [0.15, 0.2) is 11.5 Å². The summed E-state index contributed by atoms with van der Waals surface area (Å²) in [4.78, 5) is 0. The molecule has 0 bridgehead atoms. The molecule has 0 spiro atoms. The van der Waals surface area contributed by atoms with Crippen LogP contribution in [-0.2, 0) is 6.54 Å². The Balaban J connectivity index is 1.82. The first kappa shape index (κ1) is 17.4. The zero-order valence-electron chi connectivity index (χ0n) is 14.5. The predicted octanol–water partition coefficient (Wildman–Crippen LogP) is 5.90. The van der Waals surface area contributed by atoms with Crippen molar-refractivity contribution in [3.63, 3.8) is 0 Å². The molecule has 0 aliphatic carbocycles. The summed E-state index contributed by atoms with van der Waals surface area (Å²) in [6.07, 6.45) is 0.921. The minimum absolute atomic E-state index is 0.572. The van der Waals surface area contributed by atoms with Gasteiger partial charge in [-0.15, -0.1) is 0 Å². The van der Waals surface area contributed by atoms with E-state index in [-0.39, 0.29) is 0 Å².